The molecule has 4 rings (SSSR count). The molecule has 1 amide bonds. The number of carbonyl (C=O) groups is 2. The highest BCUT2D eigenvalue weighted by atomic mass is 16.5. The van der Waals surface area contributed by atoms with Gasteiger partial charge in [0.1, 0.15) is 11.5 Å². The molecule has 0 aliphatic carbocycles. The van der Waals surface area contributed by atoms with Crippen LogP contribution in [-0.2, 0) is 15.0 Å². The molecular formula is C35H41NO4. The van der Waals surface area contributed by atoms with Gasteiger partial charge in [-0.15, -0.1) is 0 Å². The fourth-order valence-electron chi connectivity index (χ4n) is 5.01. The molecule has 40 heavy (non-hydrogen) atoms. The number of anilines is 1. The number of amides is 1. The van der Waals surface area contributed by atoms with Crippen LogP contribution in [0.1, 0.15) is 95.0 Å². The summed E-state index contributed by atoms with van der Waals surface area (Å²) in [4.78, 5) is 28.6. The average Bonchev–Trinajstić information content (AvgIpc) is 3.20. The monoisotopic (exact) mass is 539 g/mol. The van der Waals surface area contributed by atoms with Gasteiger partial charge in [0.2, 0.25) is 0 Å². The van der Waals surface area contributed by atoms with Crippen LogP contribution in [0.2, 0.25) is 0 Å². The number of ketones is 1. The number of Topliss-reactive ketones (excluding diaryl/α,β-unsaturated/α-hetero) is 1. The topological polar surface area (TPSA) is 66.8 Å². The maximum absolute atomic E-state index is 13.5. The number of nitrogens with zero attached hydrogens (tertiary/aromatic N) is 1. The van der Waals surface area contributed by atoms with Crippen molar-refractivity contribution in [3.05, 3.63) is 101 Å². The lowest BCUT2D eigenvalue weighted by Crippen LogP contribution is -2.29. The van der Waals surface area contributed by atoms with E-state index in [-0.39, 0.29) is 16.7 Å². The number of hydrogen-bond acceptors (Lipinski definition) is 4. The Kier molecular flexibility index (Phi) is 8.82. The van der Waals surface area contributed by atoms with Crippen molar-refractivity contribution < 1.29 is 19.4 Å². The molecular weight excluding hydrogens is 498 g/mol. The van der Waals surface area contributed by atoms with Crippen LogP contribution in [0.3, 0.4) is 0 Å². The first-order chi connectivity index (χ1) is 19.0. The number of rotatable bonds is 9. The molecule has 1 aliphatic heterocycles. The summed E-state index contributed by atoms with van der Waals surface area (Å²) in [6, 6.07) is 22.0. The molecule has 1 fully saturated rings. The molecule has 1 unspecified atom stereocenters. The third-order valence-corrected chi connectivity index (χ3v) is 7.52. The highest BCUT2D eigenvalue weighted by molar-refractivity contribution is 6.51. The Morgan fingerprint density at radius 1 is 0.900 bits per heavy atom. The zero-order valence-corrected chi connectivity index (χ0v) is 24.5. The summed E-state index contributed by atoms with van der Waals surface area (Å²) in [6.45, 7) is 13.4. The summed E-state index contributed by atoms with van der Waals surface area (Å²) in [7, 11) is 0. The van der Waals surface area contributed by atoms with Crippen molar-refractivity contribution in [2.75, 3.05) is 11.5 Å². The van der Waals surface area contributed by atoms with E-state index < -0.39 is 17.7 Å². The Labute approximate surface area is 238 Å². The number of hydrogen-bond donors (Lipinski definition) is 1. The molecule has 0 radical (unpaired) electrons. The SMILES string of the molecule is CCCCCOc1ccc(/C(O)=C2/C(=O)C(=O)N(c3ccc(C(C)C)cc3)C2c2ccc(C(C)(C)C)cc2)cc1. The molecule has 5 nitrogen and oxygen atoms in total. The zero-order valence-electron chi connectivity index (χ0n) is 24.5. The largest absolute Gasteiger partial charge is 0.507 e. The Bertz CT molecular complexity index is 1360. The van der Waals surface area contributed by atoms with Gasteiger partial charge in [-0.3, -0.25) is 14.5 Å². The van der Waals surface area contributed by atoms with Gasteiger partial charge in [-0.05, 0) is 70.8 Å². The van der Waals surface area contributed by atoms with E-state index in [0.717, 1.165) is 36.0 Å². The number of aliphatic hydroxyl groups is 1. The second-order valence-corrected chi connectivity index (χ2v) is 11.9. The van der Waals surface area contributed by atoms with Gasteiger partial charge in [-0.1, -0.05) is 90.8 Å². The van der Waals surface area contributed by atoms with Crippen molar-refractivity contribution in [3.8, 4) is 5.75 Å². The smallest absolute Gasteiger partial charge is 0.300 e. The second kappa shape index (κ2) is 12.1. The first-order valence-corrected chi connectivity index (χ1v) is 14.3. The van der Waals surface area contributed by atoms with Crippen LogP contribution >= 0.6 is 0 Å². The lowest BCUT2D eigenvalue weighted by atomic mass is 9.85. The van der Waals surface area contributed by atoms with Gasteiger partial charge in [-0.25, -0.2) is 0 Å². The maximum atomic E-state index is 13.5. The molecule has 1 atom stereocenters. The Morgan fingerprint density at radius 2 is 1.52 bits per heavy atom. The lowest BCUT2D eigenvalue weighted by Gasteiger charge is -2.27. The molecule has 3 aromatic rings. The van der Waals surface area contributed by atoms with Gasteiger partial charge in [0.15, 0.2) is 0 Å². The number of carbonyl (C=O) groups excluding carboxylic acids is 2. The van der Waals surface area contributed by atoms with Crippen LogP contribution in [-0.4, -0.2) is 23.4 Å². The molecule has 210 valence electrons. The minimum absolute atomic E-state index is 0.0482. The summed E-state index contributed by atoms with van der Waals surface area (Å²) >= 11 is 0. The molecule has 0 saturated carbocycles. The van der Waals surface area contributed by atoms with Crippen LogP contribution in [0, 0.1) is 0 Å². The van der Waals surface area contributed by atoms with Crippen molar-refractivity contribution in [1.29, 1.82) is 0 Å². The molecule has 0 aromatic heterocycles. The summed E-state index contributed by atoms with van der Waals surface area (Å²) in [5.74, 6) is -0.506. The van der Waals surface area contributed by atoms with Crippen molar-refractivity contribution in [1.82, 2.24) is 0 Å². The summed E-state index contributed by atoms with van der Waals surface area (Å²) in [5, 5.41) is 11.5. The van der Waals surface area contributed by atoms with Crippen LogP contribution in [0.4, 0.5) is 5.69 Å². The van der Waals surface area contributed by atoms with Gasteiger partial charge >= 0.3 is 0 Å². The van der Waals surface area contributed by atoms with Crippen LogP contribution in [0.15, 0.2) is 78.4 Å². The number of aliphatic hydroxyl groups excluding tert-OH is 1. The van der Waals surface area contributed by atoms with Gasteiger partial charge in [0.05, 0.1) is 18.2 Å². The van der Waals surface area contributed by atoms with Crippen molar-refractivity contribution in [2.45, 2.75) is 78.2 Å². The van der Waals surface area contributed by atoms with E-state index in [4.69, 9.17) is 4.74 Å². The van der Waals surface area contributed by atoms with E-state index >= 15 is 0 Å². The summed E-state index contributed by atoms with van der Waals surface area (Å²) in [6.07, 6.45) is 3.21. The third-order valence-electron chi connectivity index (χ3n) is 7.52. The van der Waals surface area contributed by atoms with Gasteiger partial charge in [-0.2, -0.15) is 0 Å². The highest BCUT2D eigenvalue weighted by Gasteiger charge is 2.47. The van der Waals surface area contributed by atoms with Crippen molar-refractivity contribution in [3.63, 3.8) is 0 Å². The summed E-state index contributed by atoms with van der Waals surface area (Å²) in [5.41, 5.74) is 4.16. The predicted molar refractivity (Wildman–Crippen MR) is 162 cm³/mol. The van der Waals surface area contributed by atoms with Crippen molar-refractivity contribution in [2.24, 2.45) is 0 Å². The Balaban J connectivity index is 1.77. The molecule has 0 spiro atoms. The third kappa shape index (κ3) is 6.14. The summed E-state index contributed by atoms with van der Waals surface area (Å²) < 4.78 is 5.81. The molecule has 1 N–H and O–H groups in total. The van der Waals surface area contributed by atoms with Crippen molar-refractivity contribution >= 4 is 23.1 Å². The van der Waals surface area contributed by atoms with Gasteiger partial charge in [0, 0.05) is 11.3 Å². The van der Waals surface area contributed by atoms with Crippen LogP contribution in [0.5, 0.6) is 5.75 Å². The maximum Gasteiger partial charge on any atom is 0.300 e. The second-order valence-electron chi connectivity index (χ2n) is 11.9. The molecule has 1 aliphatic rings. The minimum atomic E-state index is -0.760. The highest BCUT2D eigenvalue weighted by Crippen LogP contribution is 2.43. The molecule has 1 saturated heterocycles. The number of unbranched alkanes of at least 4 members (excludes halogenated alkanes) is 2. The normalized spacial score (nSPS) is 17.1. The molecule has 1 heterocycles. The molecule has 3 aromatic carbocycles. The fraction of sp³-hybridized carbons (Fsp3) is 0.371. The zero-order chi connectivity index (χ0) is 29.0. The van der Waals surface area contributed by atoms with Crippen LogP contribution in [0.25, 0.3) is 5.76 Å². The number of benzene rings is 3. The van der Waals surface area contributed by atoms with E-state index in [1.54, 1.807) is 24.3 Å². The first-order valence-electron chi connectivity index (χ1n) is 14.3. The first kappa shape index (κ1) is 29.1. The van der Waals surface area contributed by atoms with E-state index in [1.807, 2.05) is 48.5 Å². The molecule has 0 bridgehead atoms. The minimum Gasteiger partial charge on any atom is -0.507 e. The Hall–Kier alpha value is -3.86. The fourth-order valence-corrected chi connectivity index (χ4v) is 5.01. The standard InChI is InChI=1S/C35H41NO4/c1-7-8-9-22-40-29-20-14-26(15-21-29)32(37)30-31(25-10-16-27(17-11-25)35(4,5)6)36(34(39)33(30)38)28-18-12-24(13-19-28)23(2)3/h10-21,23,31,37H,7-9,22H2,1-6H3/b32-30-. The Morgan fingerprint density at radius 3 is 2.08 bits per heavy atom. The number of ether oxygens (including phenoxy) is 1. The van der Waals surface area contributed by atoms with Crippen LogP contribution < -0.4 is 9.64 Å². The lowest BCUT2D eigenvalue weighted by molar-refractivity contribution is -0.132. The van der Waals surface area contributed by atoms with E-state index in [2.05, 4.69) is 41.5 Å². The predicted octanol–water partition coefficient (Wildman–Crippen LogP) is 8.30. The van der Waals surface area contributed by atoms with Gasteiger partial charge in [0.25, 0.3) is 11.7 Å². The van der Waals surface area contributed by atoms with E-state index in [9.17, 15) is 14.7 Å². The average molecular weight is 540 g/mol. The quantitative estimate of drug-likeness (QED) is 0.129. The van der Waals surface area contributed by atoms with Gasteiger partial charge < -0.3 is 9.84 Å². The van der Waals surface area contributed by atoms with E-state index in [0.29, 0.717) is 29.5 Å². The molecule has 5 heteroatoms. The van der Waals surface area contributed by atoms with E-state index in [1.165, 1.54) is 4.90 Å².